The van der Waals surface area contributed by atoms with Gasteiger partial charge in [0.25, 0.3) is 0 Å². The number of rotatable bonds is 3. The fourth-order valence-electron chi connectivity index (χ4n) is 1.13. The van der Waals surface area contributed by atoms with Gasteiger partial charge >= 0.3 is 0 Å². The molecular formula is C8H12N2O2. The molecular weight excluding hydrogens is 156 g/mol. The number of hydrogen-bond donors (Lipinski definition) is 2. The van der Waals surface area contributed by atoms with Crippen molar-refractivity contribution in [2.75, 3.05) is 13.1 Å². The van der Waals surface area contributed by atoms with E-state index in [0.29, 0.717) is 18.7 Å². The minimum atomic E-state index is 0.0511. The van der Waals surface area contributed by atoms with Crippen LogP contribution in [0.2, 0.25) is 0 Å². The average Bonchev–Trinajstić information content (AvgIpc) is 2.05. The summed E-state index contributed by atoms with van der Waals surface area (Å²) >= 11 is 0. The average molecular weight is 168 g/mol. The highest BCUT2D eigenvalue weighted by Crippen LogP contribution is 2.18. The van der Waals surface area contributed by atoms with Crippen molar-refractivity contribution in [3.8, 4) is 0 Å². The van der Waals surface area contributed by atoms with Crippen LogP contribution in [0.4, 0.5) is 0 Å². The van der Waals surface area contributed by atoms with Crippen LogP contribution in [0.5, 0.6) is 0 Å². The van der Waals surface area contributed by atoms with Crippen LogP contribution in [-0.2, 0) is 4.84 Å². The van der Waals surface area contributed by atoms with E-state index in [4.69, 9.17) is 9.94 Å². The number of oxime groups is 1. The summed E-state index contributed by atoms with van der Waals surface area (Å²) in [6.07, 6.45) is 0.709. The van der Waals surface area contributed by atoms with Crippen LogP contribution in [0.15, 0.2) is 28.8 Å². The highest BCUT2D eigenvalue weighted by Gasteiger charge is 2.15. The summed E-state index contributed by atoms with van der Waals surface area (Å²) < 4.78 is 0. The van der Waals surface area contributed by atoms with Crippen LogP contribution in [0.3, 0.4) is 0 Å². The van der Waals surface area contributed by atoms with Gasteiger partial charge in [-0.15, -0.1) is 0 Å². The summed E-state index contributed by atoms with van der Waals surface area (Å²) in [7, 11) is 0. The molecule has 2 N–H and O–H groups in total. The van der Waals surface area contributed by atoms with Crippen molar-refractivity contribution in [1.82, 2.24) is 5.32 Å². The van der Waals surface area contributed by atoms with Crippen LogP contribution >= 0.6 is 0 Å². The summed E-state index contributed by atoms with van der Waals surface area (Å²) in [6, 6.07) is 0. The van der Waals surface area contributed by atoms with Crippen molar-refractivity contribution < 1.29 is 9.94 Å². The molecule has 1 rings (SSSR count). The van der Waals surface area contributed by atoms with Crippen LogP contribution in [0.1, 0.15) is 6.42 Å². The van der Waals surface area contributed by atoms with E-state index in [1.807, 2.05) is 0 Å². The monoisotopic (exact) mass is 168 g/mol. The first-order chi connectivity index (χ1) is 5.75. The zero-order chi connectivity index (χ0) is 8.97. The number of aliphatic hydroxyl groups excluding tert-OH is 1. The Labute approximate surface area is 71.2 Å². The molecule has 0 aromatic heterocycles. The van der Waals surface area contributed by atoms with E-state index in [-0.39, 0.29) is 5.76 Å². The number of aliphatic hydroxyl groups is 1. The summed E-state index contributed by atoms with van der Waals surface area (Å²) in [6.45, 7) is 8.02. The molecule has 0 fully saturated rings. The van der Waals surface area contributed by atoms with E-state index >= 15 is 0 Å². The summed E-state index contributed by atoms with van der Waals surface area (Å²) in [4.78, 5) is 4.87. The Morgan fingerprint density at radius 2 is 2.42 bits per heavy atom. The van der Waals surface area contributed by atoms with Gasteiger partial charge in [0.15, 0.2) is 5.76 Å². The van der Waals surface area contributed by atoms with Gasteiger partial charge in [-0.1, -0.05) is 11.7 Å². The normalized spacial score (nSPS) is 17.3. The SMILES string of the molecule is C=NOC1=C(C(=C)O)CCNC1. The quantitative estimate of drug-likeness (QED) is 0.374. The van der Waals surface area contributed by atoms with Crippen LogP contribution in [0, 0.1) is 0 Å². The molecule has 0 spiro atoms. The van der Waals surface area contributed by atoms with Crippen molar-refractivity contribution in [1.29, 1.82) is 0 Å². The maximum absolute atomic E-state index is 9.15. The minimum absolute atomic E-state index is 0.0511. The molecule has 0 radical (unpaired) electrons. The van der Waals surface area contributed by atoms with Gasteiger partial charge in [-0.2, -0.15) is 0 Å². The Balaban J connectivity index is 2.82. The Bertz CT molecular complexity index is 233. The van der Waals surface area contributed by atoms with Gasteiger partial charge in [0, 0.05) is 12.3 Å². The number of allylic oxidation sites excluding steroid dienone is 1. The molecule has 1 aliphatic heterocycles. The van der Waals surface area contributed by atoms with E-state index in [0.717, 1.165) is 12.1 Å². The first-order valence-electron chi connectivity index (χ1n) is 3.69. The van der Waals surface area contributed by atoms with Crippen molar-refractivity contribution in [3.05, 3.63) is 23.7 Å². The maximum atomic E-state index is 9.15. The van der Waals surface area contributed by atoms with Gasteiger partial charge in [0.2, 0.25) is 0 Å². The van der Waals surface area contributed by atoms with Gasteiger partial charge in [0.05, 0.1) is 6.54 Å². The van der Waals surface area contributed by atoms with Crippen molar-refractivity contribution in [2.24, 2.45) is 5.16 Å². The molecule has 1 heterocycles. The number of nitrogens with one attached hydrogen (secondary N) is 1. The Kier molecular flexibility index (Phi) is 2.88. The molecule has 0 atom stereocenters. The lowest BCUT2D eigenvalue weighted by molar-refractivity contribution is 0.209. The topological polar surface area (TPSA) is 53.9 Å². The molecule has 0 saturated carbocycles. The summed E-state index contributed by atoms with van der Waals surface area (Å²) in [5.74, 6) is 0.652. The van der Waals surface area contributed by atoms with Crippen LogP contribution in [0.25, 0.3) is 0 Å². The second-order valence-electron chi connectivity index (χ2n) is 2.50. The van der Waals surface area contributed by atoms with Gasteiger partial charge in [0.1, 0.15) is 5.76 Å². The van der Waals surface area contributed by atoms with Gasteiger partial charge in [-0.3, -0.25) is 0 Å². The lowest BCUT2D eigenvalue weighted by atomic mass is 10.1. The van der Waals surface area contributed by atoms with E-state index in [9.17, 15) is 0 Å². The highest BCUT2D eigenvalue weighted by atomic mass is 16.6. The van der Waals surface area contributed by atoms with E-state index < -0.39 is 0 Å². The molecule has 0 aliphatic carbocycles. The summed E-state index contributed by atoms with van der Waals surface area (Å²) in [5, 5.41) is 15.5. The molecule has 0 aromatic rings. The van der Waals surface area contributed by atoms with Crippen molar-refractivity contribution in [3.63, 3.8) is 0 Å². The Hall–Kier alpha value is -1.29. The standard InChI is InChI=1S/C8H12N2O2/c1-6(11)7-3-4-10-5-8(7)12-9-2/h10-11H,1-5H2. The van der Waals surface area contributed by atoms with Crippen LogP contribution < -0.4 is 5.32 Å². The molecule has 0 saturated heterocycles. The molecule has 1 aliphatic rings. The molecule has 66 valence electrons. The minimum Gasteiger partial charge on any atom is -0.508 e. The third-order valence-corrected chi connectivity index (χ3v) is 1.70. The van der Waals surface area contributed by atoms with Crippen molar-refractivity contribution >= 4 is 6.72 Å². The third-order valence-electron chi connectivity index (χ3n) is 1.70. The maximum Gasteiger partial charge on any atom is 0.155 e. The molecule has 4 nitrogen and oxygen atoms in total. The predicted octanol–water partition coefficient (Wildman–Crippen LogP) is 0.938. The van der Waals surface area contributed by atoms with Gasteiger partial charge in [-0.25, -0.2) is 0 Å². The number of hydrogen-bond acceptors (Lipinski definition) is 4. The molecule has 0 amide bonds. The molecule has 4 heteroatoms. The zero-order valence-corrected chi connectivity index (χ0v) is 6.84. The molecule has 0 unspecified atom stereocenters. The zero-order valence-electron chi connectivity index (χ0n) is 6.84. The van der Waals surface area contributed by atoms with E-state index in [2.05, 4.69) is 23.8 Å². The fraction of sp³-hybridized carbons (Fsp3) is 0.375. The first-order valence-corrected chi connectivity index (χ1v) is 3.69. The number of nitrogens with zero attached hydrogens (tertiary/aromatic N) is 1. The van der Waals surface area contributed by atoms with Crippen LogP contribution in [-0.4, -0.2) is 24.9 Å². The molecule has 0 bridgehead atoms. The lowest BCUT2D eigenvalue weighted by Gasteiger charge is -2.17. The Morgan fingerprint density at radius 1 is 1.67 bits per heavy atom. The van der Waals surface area contributed by atoms with E-state index in [1.165, 1.54) is 0 Å². The predicted molar refractivity (Wildman–Crippen MR) is 46.9 cm³/mol. The van der Waals surface area contributed by atoms with Gasteiger partial charge < -0.3 is 15.3 Å². The second kappa shape index (κ2) is 3.92. The van der Waals surface area contributed by atoms with Gasteiger partial charge in [-0.05, 0) is 13.0 Å². The van der Waals surface area contributed by atoms with E-state index in [1.54, 1.807) is 0 Å². The highest BCUT2D eigenvalue weighted by molar-refractivity contribution is 5.29. The van der Waals surface area contributed by atoms with Crippen molar-refractivity contribution in [2.45, 2.75) is 6.42 Å². The second-order valence-corrected chi connectivity index (χ2v) is 2.50. The third kappa shape index (κ3) is 1.85. The fourth-order valence-corrected chi connectivity index (χ4v) is 1.13. The smallest absolute Gasteiger partial charge is 0.155 e. The first kappa shape index (κ1) is 8.80. The molecule has 0 aromatic carbocycles. The Morgan fingerprint density at radius 3 is 3.00 bits per heavy atom. The largest absolute Gasteiger partial charge is 0.508 e. The lowest BCUT2D eigenvalue weighted by Crippen LogP contribution is -2.26. The molecule has 12 heavy (non-hydrogen) atoms. The summed E-state index contributed by atoms with van der Waals surface area (Å²) in [5.41, 5.74) is 0.723.